The minimum atomic E-state index is 0.780. The lowest BCUT2D eigenvalue weighted by Gasteiger charge is -2.31. The molecule has 106 valence electrons. The van der Waals surface area contributed by atoms with E-state index in [2.05, 4.69) is 71.9 Å². The van der Waals surface area contributed by atoms with Gasteiger partial charge in [0.05, 0.1) is 0 Å². The molecule has 2 unspecified atom stereocenters. The van der Waals surface area contributed by atoms with Crippen molar-refractivity contribution in [3.63, 3.8) is 0 Å². The zero-order chi connectivity index (χ0) is 14.4. The zero-order valence-corrected chi connectivity index (χ0v) is 13.7. The van der Waals surface area contributed by atoms with Gasteiger partial charge in [-0.05, 0) is 12.0 Å². The minimum absolute atomic E-state index is 0.780. The van der Waals surface area contributed by atoms with Crippen LogP contribution in [0.25, 0.3) is 0 Å². The van der Waals surface area contributed by atoms with Gasteiger partial charge in [0.2, 0.25) is 0 Å². The highest BCUT2D eigenvalue weighted by atomic mass is 14.1. The Kier molecular flexibility index (Phi) is 6.68. The maximum absolute atomic E-state index is 2.44. The van der Waals surface area contributed by atoms with E-state index in [1.165, 1.54) is 18.3 Å². The van der Waals surface area contributed by atoms with Gasteiger partial charge in [-0.15, -0.1) is 0 Å². The second kappa shape index (κ2) is 7.77. The van der Waals surface area contributed by atoms with Gasteiger partial charge in [0.1, 0.15) is 6.71 Å². The van der Waals surface area contributed by atoms with Crippen LogP contribution >= 0.6 is 0 Å². The Morgan fingerprint density at radius 1 is 0.789 bits per heavy atom. The molecule has 1 rings (SSSR count). The van der Waals surface area contributed by atoms with Crippen LogP contribution in [-0.4, -0.2) is 6.71 Å². The molecule has 0 aliphatic carbocycles. The van der Waals surface area contributed by atoms with Gasteiger partial charge < -0.3 is 0 Å². The van der Waals surface area contributed by atoms with Crippen molar-refractivity contribution in [3.8, 4) is 0 Å². The maximum Gasteiger partial charge on any atom is 0.146 e. The molecule has 0 aliphatic heterocycles. The van der Waals surface area contributed by atoms with Crippen LogP contribution in [0.2, 0.25) is 18.0 Å². The first kappa shape index (κ1) is 16.3. The predicted octanol–water partition coefficient (Wildman–Crippen LogP) is 5.82. The lowest BCUT2D eigenvalue weighted by Crippen LogP contribution is -2.30. The molecular weight excluding hydrogens is 227 g/mol. The van der Waals surface area contributed by atoms with Crippen LogP contribution in [0.5, 0.6) is 0 Å². The summed E-state index contributed by atoms with van der Waals surface area (Å²) in [5.74, 6) is 3.17. The van der Waals surface area contributed by atoms with E-state index in [4.69, 9.17) is 0 Å². The molecule has 0 amide bonds. The first-order valence-corrected chi connectivity index (χ1v) is 7.97. The van der Waals surface area contributed by atoms with Crippen molar-refractivity contribution < 1.29 is 0 Å². The van der Waals surface area contributed by atoms with E-state index in [9.17, 15) is 0 Å². The molecule has 0 aromatic heterocycles. The van der Waals surface area contributed by atoms with Crippen LogP contribution in [0.15, 0.2) is 30.3 Å². The molecule has 0 nitrogen and oxygen atoms in total. The van der Waals surface area contributed by atoms with E-state index in [0.29, 0.717) is 0 Å². The molecule has 0 bridgehead atoms. The number of benzene rings is 1. The Hall–Kier alpha value is -0.715. The van der Waals surface area contributed by atoms with Gasteiger partial charge in [0.25, 0.3) is 0 Å². The van der Waals surface area contributed by atoms with E-state index >= 15 is 0 Å². The third-order valence-corrected chi connectivity index (χ3v) is 5.06. The van der Waals surface area contributed by atoms with Gasteiger partial charge >= 0.3 is 0 Å². The zero-order valence-electron chi connectivity index (χ0n) is 13.7. The summed E-state index contributed by atoms with van der Waals surface area (Å²) in [6.45, 7) is 15.2. The number of aryl methyl sites for hydroxylation is 1. The lowest BCUT2D eigenvalue weighted by atomic mass is 9.29. The smallest absolute Gasteiger partial charge is 0.0696 e. The fourth-order valence-corrected chi connectivity index (χ4v) is 2.97. The van der Waals surface area contributed by atoms with Crippen LogP contribution < -0.4 is 0 Å². The van der Waals surface area contributed by atoms with E-state index in [1.807, 2.05) is 0 Å². The molecule has 0 saturated heterocycles. The largest absolute Gasteiger partial charge is 0.146 e. The van der Waals surface area contributed by atoms with Gasteiger partial charge in [-0.1, -0.05) is 102 Å². The maximum atomic E-state index is 2.44. The minimum Gasteiger partial charge on any atom is -0.0696 e. The highest BCUT2D eigenvalue weighted by Crippen LogP contribution is 2.35. The third-order valence-electron chi connectivity index (χ3n) is 5.06. The summed E-state index contributed by atoms with van der Waals surface area (Å²) in [6.07, 6.45) is 2.54. The summed E-state index contributed by atoms with van der Waals surface area (Å²) in [7, 11) is 0. The van der Waals surface area contributed by atoms with Crippen LogP contribution in [0.3, 0.4) is 0 Å². The Balaban J connectivity index is 2.69. The molecule has 1 aromatic carbocycles. The fourth-order valence-electron chi connectivity index (χ4n) is 2.97. The van der Waals surface area contributed by atoms with Gasteiger partial charge in [-0.3, -0.25) is 0 Å². The molecule has 1 heteroatoms. The van der Waals surface area contributed by atoms with E-state index in [-0.39, 0.29) is 0 Å². The average molecular weight is 258 g/mol. The second-order valence-corrected chi connectivity index (χ2v) is 6.89. The molecule has 0 radical (unpaired) electrons. The molecule has 0 N–H and O–H groups in total. The van der Waals surface area contributed by atoms with Gasteiger partial charge in [-0.2, -0.15) is 0 Å². The van der Waals surface area contributed by atoms with Crippen molar-refractivity contribution in [2.24, 2.45) is 11.8 Å². The highest BCUT2D eigenvalue weighted by molar-refractivity contribution is 6.62. The highest BCUT2D eigenvalue weighted by Gasteiger charge is 2.30. The van der Waals surface area contributed by atoms with Gasteiger partial charge in [-0.25, -0.2) is 0 Å². The Bertz CT molecular complexity index is 328. The first-order valence-electron chi connectivity index (χ1n) is 7.97. The molecule has 0 aliphatic rings. The Morgan fingerprint density at radius 3 is 1.68 bits per heavy atom. The van der Waals surface area contributed by atoms with Gasteiger partial charge in [0, 0.05) is 0 Å². The van der Waals surface area contributed by atoms with Crippen molar-refractivity contribution in [2.45, 2.75) is 65.9 Å². The standard InChI is InChI=1S/C18H31B/c1-14(2)16(5)19(17(6)15(3)4)13-12-18-10-8-7-9-11-18/h7-11,14-17H,12-13H2,1-6H3. The number of rotatable bonds is 7. The Labute approximate surface area is 121 Å². The summed E-state index contributed by atoms with van der Waals surface area (Å²) >= 11 is 0. The van der Waals surface area contributed by atoms with Crippen LogP contribution in [-0.2, 0) is 6.42 Å². The van der Waals surface area contributed by atoms with Crippen LogP contribution in [0.1, 0.15) is 47.1 Å². The molecular formula is C18H31B. The SMILES string of the molecule is CC(C)C(C)B(CCc1ccccc1)C(C)C(C)C. The van der Waals surface area contributed by atoms with E-state index in [0.717, 1.165) is 30.2 Å². The normalized spacial score (nSPS) is 14.7. The van der Waals surface area contributed by atoms with Crippen molar-refractivity contribution >= 4 is 6.71 Å². The number of hydrogen-bond acceptors (Lipinski definition) is 0. The molecule has 0 saturated carbocycles. The first-order chi connectivity index (χ1) is 8.93. The molecule has 0 fully saturated rings. The van der Waals surface area contributed by atoms with Crippen molar-refractivity contribution in [1.29, 1.82) is 0 Å². The molecule has 19 heavy (non-hydrogen) atoms. The van der Waals surface area contributed by atoms with Crippen LogP contribution in [0.4, 0.5) is 0 Å². The van der Waals surface area contributed by atoms with Crippen molar-refractivity contribution in [2.75, 3.05) is 0 Å². The lowest BCUT2D eigenvalue weighted by molar-refractivity contribution is 0.558. The molecule has 1 aromatic rings. The summed E-state index contributed by atoms with van der Waals surface area (Å²) in [5.41, 5.74) is 1.49. The molecule has 0 spiro atoms. The predicted molar refractivity (Wildman–Crippen MR) is 89.2 cm³/mol. The quantitative estimate of drug-likeness (QED) is 0.541. The number of hydrogen-bond donors (Lipinski definition) is 0. The van der Waals surface area contributed by atoms with Gasteiger partial charge in [0.15, 0.2) is 0 Å². The summed E-state index contributed by atoms with van der Waals surface area (Å²) < 4.78 is 0. The van der Waals surface area contributed by atoms with Crippen molar-refractivity contribution in [1.82, 2.24) is 0 Å². The third kappa shape index (κ3) is 5.05. The monoisotopic (exact) mass is 258 g/mol. The summed E-state index contributed by atoms with van der Waals surface area (Å²) in [4.78, 5) is 0. The second-order valence-electron chi connectivity index (χ2n) is 6.89. The summed E-state index contributed by atoms with van der Waals surface area (Å²) in [5, 5.41) is 0. The van der Waals surface area contributed by atoms with E-state index < -0.39 is 0 Å². The van der Waals surface area contributed by atoms with Crippen molar-refractivity contribution in [3.05, 3.63) is 35.9 Å². The topological polar surface area (TPSA) is 0 Å². The molecule has 0 heterocycles. The fraction of sp³-hybridized carbons (Fsp3) is 0.667. The van der Waals surface area contributed by atoms with Crippen LogP contribution in [0, 0.1) is 11.8 Å². The Morgan fingerprint density at radius 2 is 1.26 bits per heavy atom. The summed E-state index contributed by atoms with van der Waals surface area (Å²) in [6, 6.07) is 10.9. The molecule has 2 atom stereocenters. The average Bonchev–Trinajstić information content (AvgIpc) is 2.39. The van der Waals surface area contributed by atoms with E-state index in [1.54, 1.807) is 0 Å².